The highest BCUT2D eigenvalue weighted by Gasteiger charge is 2.35. The summed E-state index contributed by atoms with van der Waals surface area (Å²) in [6, 6.07) is 17.1. The first-order valence-corrected chi connectivity index (χ1v) is 10.2. The van der Waals surface area contributed by atoms with E-state index in [1.165, 1.54) is 22.3 Å². The van der Waals surface area contributed by atoms with Crippen LogP contribution in [0.4, 0.5) is 4.79 Å². The molecule has 5 heteroatoms. The van der Waals surface area contributed by atoms with Crippen molar-refractivity contribution in [3.63, 3.8) is 0 Å². The molecule has 2 fully saturated rings. The third-order valence-electron chi connectivity index (χ3n) is 6.47. The molecule has 2 aliphatic heterocycles. The topological polar surface area (TPSA) is 53.0 Å². The molecule has 0 aromatic heterocycles. The van der Waals surface area contributed by atoms with E-state index in [0.717, 1.165) is 32.5 Å². The van der Waals surface area contributed by atoms with Crippen LogP contribution in [-0.2, 0) is 4.74 Å². The molecular formula is C23H26N2O3. The number of carbonyl (C=O) groups is 1. The second-order valence-corrected chi connectivity index (χ2v) is 8.13. The van der Waals surface area contributed by atoms with Gasteiger partial charge in [-0.15, -0.1) is 0 Å². The third-order valence-corrected chi connectivity index (χ3v) is 6.47. The smallest absolute Gasteiger partial charge is 0.409 e. The predicted octanol–water partition coefficient (Wildman–Crippen LogP) is 3.08. The van der Waals surface area contributed by atoms with Crippen molar-refractivity contribution in [1.29, 1.82) is 0 Å². The van der Waals surface area contributed by atoms with Crippen molar-refractivity contribution < 1.29 is 14.6 Å². The summed E-state index contributed by atoms with van der Waals surface area (Å²) in [7, 11) is 0. The lowest BCUT2D eigenvalue weighted by Crippen LogP contribution is -2.38. The van der Waals surface area contributed by atoms with Gasteiger partial charge < -0.3 is 14.7 Å². The molecule has 146 valence electrons. The van der Waals surface area contributed by atoms with Gasteiger partial charge in [0.2, 0.25) is 0 Å². The van der Waals surface area contributed by atoms with E-state index in [9.17, 15) is 9.90 Å². The normalized spacial score (nSPS) is 24.4. The Bertz CT molecular complexity index is 838. The Hall–Kier alpha value is -2.37. The SMILES string of the molecule is O=C(OCC1c2ccccc2-c2ccccc21)N1CCC(N2CCC(O)C2)C1. The van der Waals surface area contributed by atoms with Gasteiger partial charge in [0, 0.05) is 38.1 Å². The Morgan fingerprint density at radius 3 is 2.29 bits per heavy atom. The number of fused-ring (bicyclic) bond motifs is 3. The van der Waals surface area contributed by atoms with Crippen LogP contribution in [0.15, 0.2) is 48.5 Å². The molecule has 1 amide bonds. The fraction of sp³-hybridized carbons (Fsp3) is 0.435. The molecular weight excluding hydrogens is 352 g/mol. The van der Waals surface area contributed by atoms with E-state index in [1.54, 1.807) is 0 Å². The van der Waals surface area contributed by atoms with Gasteiger partial charge >= 0.3 is 6.09 Å². The molecule has 0 saturated carbocycles. The lowest BCUT2D eigenvalue weighted by Gasteiger charge is -2.24. The third kappa shape index (κ3) is 3.09. The Labute approximate surface area is 165 Å². The van der Waals surface area contributed by atoms with Crippen molar-refractivity contribution >= 4 is 6.09 Å². The first kappa shape index (κ1) is 17.7. The van der Waals surface area contributed by atoms with E-state index in [2.05, 4.69) is 53.4 Å². The van der Waals surface area contributed by atoms with Crippen molar-refractivity contribution in [2.75, 3.05) is 32.8 Å². The van der Waals surface area contributed by atoms with Crippen LogP contribution in [0.3, 0.4) is 0 Å². The summed E-state index contributed by atoms with van der Waals surface area (Å²) < 4.78 is 5.77. The number of carbonyl (C=O) groups excluding carboxylic acids is 1. The number of nitrogens with zero attached hydrogens (tertiary/aromatic N) is 2. The first-order valence-electron chi connectivity index (χ1n) is 10.2. The molecule has 2 aromatic rings. The standard InChI is InChI=1S/C23H26N2O3/c26-17-10-12-24(14-17)16-9-11-25(13-16)23(27)28-15-22-20-7-3-1-5-18(20)19-6-2-4-8-21(19)22/h1-8,16-17,22,26H,9-15H2. The first-order chi connectivity index (χ1) is 13.7. The molecule has 2 heterocycles. The van der Waals surface area contributed by atoms with Gasteiger partial charge in [-0.1, -0.05) is 48.5 Å². The van der Waals surface area contributed by atoms with Crippen molar-refractivity contribution in [3.05, 3.63) is 59.7 Å². The zero-order chi connectivity index (χ0) is 19.1. The maximum atomic E-state index is 12.7. The van der Waals surface area contributed by atoms with Gasteiger partial charge in [-0.25, -0.2) is 4.79 Å². The molecule has 2 atom stereocenters. The molecule has 2 unspecified atom stereocenters. The fourth-order valence-corrected chi connectivity index (χ4v) is 4.99. The van der Waals surface area contributed by atoms with E-state index in [0.29, 0.717) is 19.2 Å². The zero-order valence-corrected chi connectivity index (χ0v) is 16.0. The molecule has 0 spiro atoms. The molecule has 3 aliphatic rings. The van der Waals surface area contributed by atoms with Crippen LogP contribution in [0.2, 0.25) is 0 Å². The van der Waals surface area contributed by atoms with Crippen LogP contribution in [0, 0.1) is 0 Å². The zero-order valence-electron chi connectivity index (χ0n) is 16.0. The average Bonchev–Trinajstić information content (AvgIpc) is 3.44. The minimum atomic E-state index is -0.219. The molecule has 1 N–H and O–H groups in total. The summed E-state index contributed by atoms with van der Waals surface area (Å²) in [5, 5.41) is 9.75. The number of β-amino-alcohol motifs (C(OH)–C–C–N with tert-alkyl or cyclic N) is 1. The minimum absolute atomic E-state index is 0.100. The highest BCUT2D eigenvalue weighted by molar-refractivity contribution is 5.79. The van der Waals surface area contributed by atoms with Crippen LogP contribution >= 0.6 is 0 Å². The number of amides is 1. The summed E-state index contributed by atoms with van der Waals surface area (Å²) in [5.74, 6) is 0.100. The largest absolute Gasteiger partial charge is 0.448 e. The van der Waals surface area contributed by atoms with Gasteiger partial charge in [-0.05, 0) is 35.1 Å². The van der Waals surface area contributed by atoms with Crippen molar-refractivity contribution in [2.24, 2.45) is 0 Å². The summed E-state index contributed by atoms with van der Waals surface area (Å²) >= 11 is 0. The Balaban J connectivity index is 1.24. The van der Waals surface area contributed by atoms with Crippen LogP contribution < -0.4 is 0 Å². The summed E-state index contributed by atoms with van der Waals surface area (Å²) in [6.45, 7) is 3.45. The van der Waals surface area contributed by atoms with E-state index < -0.39 is 0 Å². The highest BCUT2D eigenvalue weighted by Crippen LogP contribution is 2.44. The lowest BCUT2D eigenvalue weighted by atomic mass is 9.98. The lowest BCUT2D eigenvalue weighted by molar-refractivity contribution is 0.104. The van der Waals surface area contributed by atoms with Gasteiger partial charge in [0.05, 0.1) is 6.10 Å². The van der Waals surface area contributed by atoms with Crippen LogP contribution in [0.25, 0.3) is 11.1 Å². The summed E-state index contributed by atoms with van der Waals surface area (Å²) in [4.78, 5) is 16.8. The number of aliphatic hydroxyl groups is 1. The molecule has 0 bridgehead atoms. The van der Waals surface area contributed by atoms with Gasteiger partial charge in [0.1, 0.15) is 6.61 Å². The summed E-state index contributed by atoms with van der Waals surface area (Å²) in [6.07, 6.45) is 1.35. The van der Waals surface area contributed by atoms with Gasteiger partial charge in [-0.2, -0.15) is 0 Å². The Kier molecular flexibility index (Phi) is 4.57. The number of benzene rings is 2. The second-order valence-electron chi connectivity index (χ2n) is 8.13. The number of aliphatic hydroxyl groups excluding tert-OH is 1. The maximum Gasteiger partial charge on any atom is 0.409 e. The monoisotopic (exact) mass is 378 g/mol. The average molecular weight is 378 g/mol. The van der Waals surface area contributed by atoms with E-state index in [4.69, 9.17) is 4.74 Å². The van der Waals surface area contributed by atoms with Crippen LogP contribution in [0.5, 0.6) is 0 Å². The van der Waals surface area contributed by atoms with Crippen LogP contribution in [0.1, 0.15) is 29.9 Å². The van der Waals surface area contributed by atoms with E-state index in [1.807, 2.05) is 4.90 Å². The number of hydrogen-bond acceptors (Lipinski definition) is 4. The number of hydrogen-bond donors (Lipinski definition) is 1. The molecule has 1 aliphatic carbocycles. The van der Waals surface area contributed by atoms with Gasteiger partial charge in [-0.3, -0.25) is 4.90 Å². The summed E-state index contributed by atoms with van der Waals surface area (Å²) in [5.41, 5.74) is 4.96. The highest BCUT2D eigenvalue weighted by atomic mass is 16.6. The van der Waals surface area contributed by atoms with Crippen molar-refractivity contribution in [2.45, 2.75) is 30.9 Å². The van der Waals surface area contributed by atoms with Crippen molar-refractivity contribution in [1.82, 2.24) is 9.80 Å². The molecule has 2 aromatic carbocycles. The van der Waals surface area contributed by atoms with E-state index in [-0.39, 0.29) is 18.1 Å². The number of ether oxygens (including phenoxy) is 1. The van der Waals surface area contributed by atoms with E-state index >= 15 is 0 Å². The quantitative estimate of drug-likeness (QED) is 0.892. The molecule has 5 rings (SSSR count). The van der Waals surface area contributed by atoms with Crippen LogP contribution in [-0.4, -0.2) is 65.9 Å². The molecule has 0 radical (unpaired) electrons. The minimum Gasteiger partial charge on any atom is -0.448 e. The maximum absolute atomic E-state index is 12.7. The molecule has 28 heavy (non-hydrogen) atoms. The Morgan fingerprint density at radius 2 is 1.64 bits per heavy atom. The number of rotatable bonds is 3. The van der Waals surface area contributed by atoms with Gasteiger partial charge in [0.15, 0.2) is 0 Å². The number of likely N-dealkylation sites (tertiary alicyclic amines) is 2. The molecule has 5 nitrogen and oxygen atoms in total. The second kappa shape index (κ2) is 7.22. The Morgan fingerprint density at radius 1 is 0.964 bits per heavy atom. The van der Waals surface area contributed by atoms with Gasteiger partial charge in [0.25, 0.3) is 0 Å². The van der Waals surface area contributed by atoms with Crippen molar-refractivity contribution in [3.8, 4) is 11.1 Å². The predicted molar refractivity (Wildman–Crippen MR) is 107 cm³/mol. The molecule has 2 saturated heterocycles. The fourth-order valence-electron chi connectivity index (χ4n) is 4.99.